The monoisotopic (exact) mass is 245 g/mol. The lowest BCUT2D eigenvalue weighted by Crippen LogP contribution is -2.46. The molecule has 1 heterocycles. The van der Waals surface area contributed by atoms with Crippen LogP contribution in [0.1, 0.15) is 32.3 Å². The molecular formula is C15H19NO2. The van der Waals surface area contributed by atoms with E-state index in [9.17, 15) is 0 Å². The van der Waals surface area contributed by atoms with Crippen LogP contribution in [0.5, 0.6) is 5.75 Å². The molecule has 1 aliphatic rings. The van der Waals surface area contributed by atoms with E-state index in [0.29, 0.717) is 6.42 Å². The molecule has 1 saturated heterocycles. The number of hydrogen-bond acceptors (Lipinski definition) is 3. The maximum absolute atomic E-state index is 8.73. The fourth-order valence-corrected chi connectivity index (χ4v) is 2.26. The fraction of sp³-hybridized carbons (Fsp3) is 0.533. The van der Waals surface area contributed by atoms with Crippen molar-refractivity contribution < 1.29 is 9.47 Å². The van der Waals surface area contributed by atoms with E-state index >= 15 is 0 Å². The summed E-state index contributed by atoms with van der Waals surface area (Å²) in [4.78, 5) is 0. The maximum atomic E-state index is 8.73. The summed E-state index contributed by atoms with van der Waals surface area (Å²) in [6, 6.07) is 10.4. The van der Waals surface area contributed by atoms with Crippen molar-refractivity contribution in [1.29, 1.82) is 5.26 Å². The van der Waals surface area contributed by atoms with Gasteiger partial charge >= 0.3 is 0 Å². The van der Waals surface area contributed by atoms with Gasteiger partial charge in [-0.2, -0.15) is 5.26 Å². The van der Waals surface area contributed by atoms with Crippen molar-refractivity contribution in [2.45, 2.75) is 38.2 Å². The third-order valence-corrected chi connectivity index (χ3v) is 3.31. The minimum absolute atomic E-state index is 0.0477. The molecule has 3 heteroatoms. The second-order valence-electron chi connectivity index (χ2n) is 5.12. The third kappa shape index (κ3) is 2.65. The van der Waals surface area contributed by atoms with Crippen molar-refractivity contribution in [3.63, 3.8) is 0 Å². The lowest BCUT2D eigenvalue weighted by molar-refractivity contribution is -0.0637. The molecule has 2 rings (SSSR count). The van der Waals surface area contributed by atoms with Gasteiger partial charge in [0.25, 0.3) is 0 Å². The molecule has 1 aromatic carbocycles. The summed E-state index contributed by atoms with van der Waals surface area (Å²) in [5, 5.41) is 8.73. The average Bonchev–Trinajstić information content (AvgIpc) is 2.29. The Balaban J connectivity index is 2.10. The predicted octanol–water partition coefficient (Wildman–Crippen LogP) is 3.05. The molecule has 18 heavy (non-hydrogen) atoms. The molecule has 0 spiro atoms. The van der Waals surface area contributed by atoms with Gasteiger partial charge in [0.2, 0.25) is 0 Å². The topological polar surface area (TPSA) is 42.2 Å². The van der Waals surface area contributed by atoms with E-state index in [-0.39, 0.29) is 11.5 Å². The van der Waals surface area contributed by atoms with Gasteiger partial charge in [-0.3, -0.25) is 0 Å². The number of ether oxygens (including phenoxy) is 2. The minimum atomic E-state index is 0.0477. The molecule has 0 saturated carbocycles. The number of benzene rings is 1. The zero-order valence-electron chi connectivity index (χ0n) is 11.0. The predicted molar refractivity (Wildman–Crippen MR) is 69.6 cm³/mol. The summed E-state index contributed by atoms with van der Waals surface area (Å²) >= 11 is 0. The van der Waals surface area contributed by atoms with Crippen molar-refractivity contribution >= 4 is 0 Å². The van der Waals surface area contributed by atoms with Gasteiger partial charge in [-0.15, -0.1) is 0 Å². The Morgan fingerprint density at radius 1 is 1.33 bits per heavy atom. The highest BCUT2D eigenvalue weighted by Gasteiger charge is 2.39. The van der Waals surface area contributed by atoms with Crippen LogP contribution in [0.4, 0.5) is 0 Å². The van der Waals surface area contributed by atoms with Gasteiger partial charge in [0, 0.05) is 11.8 Å². The largest absolute Gasteiger partial charge is 0.491 e. The number of rotatable bonds is 5. The molecule has 0 atom stereocenters. The van der Waals surface area contributed by atoms with Gasteiger partial charge in [-0.1, -0.05) is 12.1 Å². The highest BCUT2D eigenvalue weighted by molar-refractivity contribution is 5.34. The van der Waals surface area contributed by atoms with Crippen LogP contribution in [0.25, 0.3) is 0 Å². The normalized spacial score (nSPS) is 17.0. The third-order valence-electron chi connectivity index (χ3n) is 3.31. The van der Waals surface area contributed by atoms with Gasteiger partial charge in [0.15, 0.2) is 0 Å². The molecule has 1 aliphatic heterocycles. The fourth-order valence-electron chi connectivity index (χ4n) is 2.26. The van der Waals surface area contributed by atoms with Gasteiger partial charge in [0.1, 0.15) is 5.75 Å². The van der Waals surface area contributed by atoms with Crippen LogP contribution in [0.3, 0.4) is 0 Å². The molecule has 0 amide bonds. The van der Waals surface area contributed by atoms with Crippen molar-refractivity contribution in [3.8, 4) is 11.8 Å². The summed E-state index contributed by atoms with van der Waals surface area (Å²) < 4.78 is 11.0. The van der Waals surface area contributed by atoms with Crippen LogP contribution in [0, 0.1) is 11.3 Å². The standard InChI is InChI=1S/C15H19NO2/c1-12(2)18-14-6-4-13(5-7-14)15(8-3-9-16)10-17-11-15/h4-7,12H,3,8,10-11H2,1-2H3. The van der Waals surface area contributed by atoms with E-state index in [1.807, 2.05) is 26.0 Å². The number of nitriles is 1. The lowest BCUT2D eigenvalue weighted by Gasteiger charge is -2.41. The molecule has 3 nitrogen and oxygen atoms in total. The Bertz CT molecular complexity index is 427. The van der Waals surface area contributed by atoms with E-state index in [1.165, 1.54) is 5.56 Å². The molecule has 1 fully saturated rings. The van der Waals surface area contributed by atoms with Crippen LogP contribution in [-0.2, 0) is 10.2 Å². The Kier molecular flexibility index (Phi) is 3.88. The van der Waals surface area contributed by atoms with Gasteiger partial charge in [0.05, 0.1) is 25.4 Å². The SMILES string of the molecule is CC(C)Oc1ccc(C2(CCC#N)COC2)cc1. The maximum Gasteiger partial charge on any atom is 0.119 e. The number of hydrogen-bond donors (Lipinski definition) is 0. The zero-order valence-corrected chi connectivity index (χ0v) is 11.0. The smallest absolute Gasteiger partial charge is 0.119 e. The molecular weight excluding hydrogens is 226 g/mol. The quantitative estimate of drug-likeness (QED) is 0.800. The molecule has 1 aromatic rings. The van der Waals surface area contributed by atoms with Crippen LogP contribution in [0.15, 0.2) is 24.3 Å². The van der Waals surface area contributed by atoms with Gasteiger partial charge in [-0.25, -0.2) is 0 Å². The average molecular weight is 245 g/mol. The molecule has 0 aliphatic carbocycles. The Labute approximate surface area is 108 Å². The summed E-state index contributed by atoms with van der Waals surface area (Å²) in [7, 11) is 0. The molecule has 0 radical (unpaired) electrons. The molecule has 0 N–H and O–H groups in total. The van der Waals surface area contributed by atoms with Gasteiger partial charge in [-0.05, 0) is 38.0 Å². The second-order valence-corrected chi connectivity index (χ2v) is 5.12. The summed E-state index contributed by atoms with van der Waals surface area (Å²) in [5.41, 5.74) is 1.30. The minimum Gasteiger partial charge on any atom is -0.491 e. The Hall–Kier alpha value is -1.53. The van der Waals surface area contributed by atoms with Crippen LogP contribution in [0.2, 0.25) is 0 Å². The second kappa shape index (κ2) is 5.41. The van der Waals surface area contributed by atoms with Crippen LogP contribution >= 0.6 is 0 Å². The van der Waals surface area contributed by atoms with Crippen molar-refractivity contribution in [2.24, 2.45) is 0 Å². The first-order valence-corrected chi connectivity index (χ1v) is 6.38. The molecule has 0 aromatic heterocycles. The van der Waals surface area contributed by atoms with Crippen LogP contribution < -0.4 is 4.74 Å². The highest BCUT2D eigenvalue weighted by Crippen LogP contribution is 2.37. The van der Waals surface area contributed by atoms with E-state index < -0.39 is 0 Å². The Morgan fingerprint density at radius 3 is 2.44 bits per heavy atom. The zero-order chi connectivity index (χ0) is 13.0. The lowest BCUT2D eigenvalue weighted by atomic mass is 9.75. The highest BCUT2D eigenvalue weighted by atomic mass is 16.5. The first kappa shape index (κ1) is 12.9. The van der Waals surface area contributed by atoms with E-state index in [0.717, 1.165) is 25.4 Å². The van der Waals surface area contributed by atoms with Crippen molar-refractivity contribution in [1.82, 2.24) is 0 Å². The molecule has 96 valence electrons. The van der Waals surface area contributed by atoms with Gasteiger partial charge < -0.3 is 9.47 Å². The number of nitrogens with zero attached hydrogens (tertiary/aromatic N) is 1. The van der Waals surface area contributed by atoms with Crippen molar-refractivity contribution in [2.75, 3.05) is 13.2 Å². The summed E-state index contributed by atoms with van der Waals surface area (Å²) in [5.74, 6) is 0.893. The summed E-state index contributed by atoms with van der Waals surface area (Å²) in [6.45, 7) is 5.47. The molecule has 0 bridgehead atoms. The summed E-state index contributed by atoms with van der Waals surface area (Å²) in [6.07, 6.45) is 1.64. The van der Waals surface area contributed by atoms with Crippen LogP contribution in [-0.4, -0.2) is 19.3 Å². The first-order chi connectivity index (χ1) is 8.66. The first-order valence-electron chi connectivity index (χ1n) is 6.38. The van der Waals surface area contributed by atoms with E-state index in [2.05, 4.69) is 18.2 Å². The van der Waals surface area contributed by atoms with Crippen molar-refractivity contribution in [3.05, 3.63) is 29.8 Å². The Morgan fingerprint density at radius 2 is 2.00 bits per heavy atom. The van der Waals surface area contributed by atoms with E-state index in [4.69, 9.17) is 14.7 Å². The molecule has 0 unspecified atom stereocenters. The van der Waals surface area contributed by atoms with E-state index in [1.54, 1.807) is 0 Å².